The molecule has 4 heteroatoms. The molecule has 1 rings (SSSR count). The molecule has 0 aliphatic carbocycles. The van der Waals surface area contributed by atoms with Crippen molar-refractivity contribution in [1.29, 1.82) is 0 Å². The third-order valence-electron chi connectivity index (χ3n) is 3.00. The third-order valence-corrected chi connectivity index (χ3v) is 3.00. The molecule has 0 aromatic carbocycles. The zero-order valence-corrected chi connectivity index (χ0v) is 9.29. The molecule has 0 aromatic rings. The molecule has 82 valence electrons. The van der Waals surface area contributed by atoms with E-state index >= 15 is 0 Å². The Morgan fingerprint density at radius 3 is 2.79 bits per heavy atom. The van der Waals surface area contributed by atoms with E-state index in [1.807, 2.05) is 6.92 Å². The highest BCUT2D eigenvalue weighted by Crippen LogP contribution is 2.15. The van der Waals surface area contributed by atoms with Crippen LogP contribution < -0.4 is 11.1 Å². The second-order valence-electron chi connectivity index (χ2n) is 4.43. The Bertz CT molecular complexity index is 208. The fourth-order valence-electron chi connectivity index (χ4n) is 2.00. The van der Waals surface area contributed by atoms with Gasteiger partial charge >= 0.3 is 0 Å². The average molecular weight is 199 g/mol. The van der Waals surface area contributed by atoms with Gasteiger partial charge in [0.15, 0.2) is 0 Å². The van der Waals surface area contributed by atoms with Crippen LogP contribution in [0.2, 0.25) is 0 Å². The van der Waals surface area contributed by atoms with E-state index in [1.54, 1.807) is 0 Å². The summed E-state index contributed by atoms with van der Waals surface area (Å²) in [4.78, 5) is 13.2. The lowest BCUT2D eigenvalue weighted by atomic mass is 9.93. The SMILES string of the molecule is CC(NC1CCN(C)CC1C)C(N)=O. The first-order valence-electron chi connectivity index (χ1n) is 5.24. The second kappa shape index (κ2) is 4.75. The first-order valence-corrected chi connectivity index (χ1v) is 5.24. The first kappa shape index (κ1) is 11.5. The lowest BCUT2D eigenvalue weighted by Crippen LogP contribution is -2.52. The largest absolute Gasteiger partial charge is 0.368 e. The number of amides is 1. The standard InChI is InChI=1S/C10H21N3O/c1-7-6-13(3)5-4-9(7)12-8(2)10(11)14/h7-9,12H,4-6H2,1-3H3,(H2,11,14). The smallest absolute Gasteiger partial charge is 0.234 e. The van der Waals surface area contributed by atoms with Gasteiger partial charge in [-0.2, -0.15) is 0 Å². The van der Waals surface area contributed by atoms with Crippen LogP contribution in [-0.2, 0) is 4.79 Å². The number of primary amides is 1. The fraction of sp³-hybridized carbons (Fsp3) is 0.900. The Morgan fingerprint density at radius 1 is 1.64 bits per heavy atom. The number of hydrogen-bond acceptors (Lipinski definition) is 3. The van der Waals surface area contributed by atoms with Crippen LogP contribution >= 0.6 is 0 Å². The molecule has 0 saturated carbocycles. The summed E-state index contributed by atoms with van der Waals surface area (Å²) >= 11 is 0. The Kier molecular flexibility index (Phi) is 3.89. The number of nitrogens with zero attached hydrogens (tertiary/aromatic N) is 1. The van der Waals surface area contributed by atoms with E-state index < -0.39 is 0 Å². The van der Waals surface area contributed by atoms with Crippen molar-refractivity contribution in [3.63, 3.8) is 0 Å². The van der Waals surface area contributed by atoms with Crippen LogP contribution in [0.3, 0.4) is 0 Å². The summed E-state index contributed by atoms with van der Waals surface area (Å²) < 4.78 is 0. The summed E-state index contributed by atoms with van der Waals surface area (Å²) in [6.45, 7) is 6.21. The topological polar surface area (TPSA) is 58.4 Å². The van der Waals surface area contributed by atoms with Crippen molar-refractivity contribution in [3.05, 3.63) is 0 Å². The van der Waals surface area contributed by atoms with Gasteiger partial charge in [0.1, 0.15) is 0 Å². The highest BCUT2D eigenvalue weighted by Gasteiger charge is 2.25. The molecular formula is C10H21N3O. The van der Waals surface area contributed by atoms with E-state index in [-0.39, 0.29) is 11.9 Å². The monoisotopic (exact) mass is 199 g/mol. The molecule has 1 aliphatic rings. The van der Waals surface area contributed by atoms with Gasteiger partial charge in [-0.15, -0.1) is 0 Å². The minimum absolute atomic E-state index is 0.217. The number of rotatable bonds is 3. The van der Waals surface area contributed by atoms with Gasteiger partial charge in [0.25, 0.3) is 0 Å². The maximum Gasteiger partial charge on any atom is 0.234 e. The summed E-state index contributed by atoms with van der Waals surface area (Å²) in [7, 11) is 2.13. The predicted molar refractivity (Wildman–Crippen MR) is 56.9 cm³/mol. The number of nitrogens with one attached hydrogen (secondary N) is 1. The molecule has 1 heterocycles. The highest BCUT2D eigenvalue weighted by molar-refractivity contribution is 5.79. The minimum Gasteiger partial charge on any atom is -0.368 e. The van der Waals surface area contributed by atoms with Crippen molar-refractivity contribution in [2.75, 3.05) is 20.1 Å². The van der Waals surface area contributed by atoms with Gasteiger partial charge in [0.2, 0.25) is 5.91 Å². The minimum atomic E-state index is -0.267. The molecule has 1 amide bonds. The molecule has 0 spiro atoms. The van der Waals surface area contributed by atoms with Crippen LogP contribution in [-0.4, -0.2) is 43.0 Å². The van der Waals surface area contributed by atoms with E-state index in [9.17, 15) is 4.79 Å². The molecule has 1 fully saturated rings. The molecule has 3 N–H and O–H groups in total. The first-order chi connectivity index (χ1) is 6.50. The van der Waals surface area contributed by atoms with Crippen molar-refractivity contribution in [1.82, 2.24) is 10.2 Å². The number of carbonyl (C=O) groups is 1. The van der Waals surface area contributed by atoms with Crippen molar-refractivity contribution in [2.45, 2.75) is 32.4 Å². The van der Waals surface area contributed by atoms with E-state index in [2.05, 4.69) is 24.2 Å². The highest BCUT2D eigenvalue weighted by atomic mass is 16.1. The van der Waals surface area contributed by atoms with Gasteiger partial charge in [-0.3, -0.25) is 4.79 Å². The van der Waals surface area contributed by atoms with Crippen molar-refractivity contribution in [3.8, 4) is 0 Å². The summed E-state index contributed by atoms with van der Waals surface area (Å²) in [5.41, 5.74) is 5.21. The number of hydrogen-bond donors (Lipinski definition) is 2. The van der Waals surface area contributed by atoms with Gasteiger partial charge in [0, 0.05) is 12.6 Å². The van der Waals surface area contributed by atoms with E-state index in [4.69, 9.17) is 5.73 Å². The van der Waals surface area contributed by atoms with Crippen LogP contribution in [0.1, 0.15) is 20.3 Å². The van der Waals surface area contributed by atoms with E-state index in [0.29, 0.717) is 12.0 Å². The lowest BCUT2D eigenvalue weighted by Gasteiger charge is -2.36. The normalized spacial score (nSPS) is 31.4. The summed E-state index contributed by atoms with van der Waals surface area (Å²) in [6.07, 6.45) is 1.09. The molecule has 14 heavy (non-hydrogen) atoms. The average Bonchev–Trinajstić information content (AvgIpc) is 2.09. The van der Waals surface area contributed by atoms with Gasteiger partial charge in [-0.1, -0.05) is 6.92 Å². The van der Waals surface area contributed by atoms with Gasteiger partial charge in [-0.05, 0) is 32.9 Å². The molecular weight excluding hydrogens is 178 g/mol. The Labute approximate surface area is 85.8 Å². The van der Waals surface area contributed by atoms with Crippen molar-refractivity contribution >= 4 is 5.91 Å². The van der Waals surface area contributed by atoms with Gasteiger partial charge in [0.05, 0.1) is 6.04 Å². The molecule has 0 radical (unpaired) electrons. The molecule has 1 aliphatic heterocycles. The Balaban J connectivity index is 2.41. The predicted octanol–water partition coefficient (Wildman–Crippen LogP) is -0.210. The van der Waals surface area contributed by atoms with E-state index in [0.717, 1.165) is 19.5 Å². The molecule has 0 bridgehead atoms. The summed E-state index contributed by atoms with van der Waals surface area (Å²) in [5, 5.41) is 3.29. The summed E-state index contributed by atoms with van der Waals surface area (Å²) in [5.74, 6) is 0.312. The number of nitrogens with two attached hydrogens (primary N) is 1. The summed E-state index contributed by atoms with van der Waals surface area (Å²) in [6, 6.07) is 0.208. The van der Waals surface area contributed by atoms with Crippen molar-refractivity contribution in [2.24, 2.45) is 11.7 Å². The molecule has 3 atom stereocenters. The van der Waals surface area contributed by atoms with Crippen LogP contribution in [0.25, 0.3) is 0 Å². The quantitative estimate of drug-likeness (QED) is 0.661. The Hall–Kier alpha value is -0.610. The zero-order valence-electron chi connectivity index (χ0n) is 9.29. The van der Waals surface area contributed by atoms with E-state index in [1.165, 1.54) is 0 Å². The number of carbonyl (C=O) groups excluding carboxylic acids is 1. The Morgan fingerprint density at radius 2 is 2.29 bits per heavy atom. The molecule has 1 saturated heterocycles. The maximum absolute atomic E-state index is 10.9. The number of piperidine rings is 1. The third kappa shape index (κ3) is 2.96. The van der Waals surface area contributed by atoms with Crippen LogP contribution in [0, 0.1) is 5.92 Å². The second-order valence-corrected chi connectivity index (χ2v) is 4.43. The fourth-order valence-corrected chi connectivity index (χ4v) is 2.00. The van der Waals surface area contributed by atoms with Crippen LogP contribution in [0.5, 0.6) is 0 Å². The van der Waals surface area contributed by atoms with Crippen LogP contribution in [0.4, 0.5) is 0 Å². The molecule has 3 unspecified atom stereocenters. The van der Waals surface area contributed by atoms with Gasteiger partial charge in [-0.25, -0.2) is 0 Å². The van der Waals surface area contributed by atoms with Crippen LogP contribution in [0.15, 0.2) is 0 Å². The lowest BCUT2D eigenvalue weighted by molar-refractivity contribution is -0.120. The van der Waals surface area contributed by atoms with Crippen molar-refractivity contribution < 1.29 is 4.79 Å². The zero-order chi connectivity index (χ0) is 10.7. The van der Waals surface area contributed by atoms with Gasteiger partial charge < -0.3 is 16.0 Å². The molecule has 4 nitrogen and oxygen atoms in total. The number of likely N-dealkylation sites (tertiary alicyclic amines) is 1. The molecule has 0 aromatic heterocycles. The maximum atomic E-state index is 10.9.